The highest BCUT2D eigenvalue weighted by Gasteiger charge is 2.02. The highest BCUT2D eigenvalue weighted by Crippen LogP contribution is 2.14. The number of hydrogen-bond acceptors (Lipinski definition) is 5. The summed E-state index contributed by atoms with van der Waals surface area (Å²) in [6.45, 7) is 1.47. The maximum Gasteiger partial charge on any atom is 0.148 e. The summed E-state index contributed by atoms with van der Waals surface area (Å²) in [4.78, 5) is 4.21. The molecule has 0 amide bonds. The Labute approximate surface area is 131 Å². The van der Waals surface area contributed by atoms with Crippen molar-refractivity contribution in [2.45, 2.75) is 13.2 Å². The first-order valence-electron chi connectivity index (χ1n) is 7.03. The SMILES string of the molecule is CS(=O)(=O)CCNCc1cccc(OCc2ccccn2)c1. The molecule has 0 spiro atoms. The molecule has 0 saturated carbocycles. The minimum absolute atomic E-state index is 0.142. The monoisotopic (exact) mass is 320 g/mol. The maximum absolute atomic E-state index is 11.1. The average Bonchev–Trinajstić information content (AvgIpc) is 2.50. The van der Waals surface area contributed by atoms with E-state index < -0.39 is 9.84 Å². The molecule has 0 unspecified atom stereocenters. The highest BCUT2D eigenvalue weighted by molar-refractivity contribution is 7.90. The minimum atomic E-state index is -2.92. The van der Waals surface area contributed by atoms with Crippen LogP contribution < -0.4 is 10.1 Å². The lowest BCUT2D eigenvalue weighted by Gasteiger charge is -2.08. The molecule has 5 nitrogen and oxygen atoms in total. The van der Waals surface area contributed by atoms with Gasteiger partial charge >= 0.3 is 0 Å². The zero-order chi connectivity index (χ0) is 15.8. The Hall–Kier alpha value is -1.92. The van der Waals surface area contributed by atoms with Gasteiger partial charge in [0.05, 0.1) is 11.4 Å². The van der Waals surface area contributed by atoms with Gasteiger partial charge in [-0.1, -0.05) is 18.2 Å². The molecule has 2 aromatic rings. The van der Waals surface area contributed by atoms with Crippen molar-refractivity contribution in [1.82, 2.24) is 10.3 Å². The Balaban J connectivity index is 1.82. The summed E-state index contributed by atoms with van der Waals surface area (Å²) in [5, 5.41) is 3.11. The van der Waals surface area contributed by atoms with E-state index in [9.17, 15) is 8.42 Å². The van der Waals surface area contributed by atoms with Gasteiger partial charge in [0.2, 0.25) is 0 Å². The Bertz CT molecular complexity index is 688. The summed E-state index contributed by atoms with van der Waals surface area (Å²) in [6.07, 6.45) is 2.97. The van der Waals surface area contributed by atoms with Crippen LogP contribution in [0.3, 0.4) is 0 Å². The molecular formula is C16H20N2O3S. The van der Waals surface area contributed by atoms with Crippen molar-refractivity contribution >= 4 is 9.84 Å². The number of benzene rings is 1. The van der Waals surface area contributed by atoms with Crippen LogP contribution in [0.2, 0.25) is 0 Å². The summed E-state index contributed by atoms with van der Waals surface area (Å²) in [7, 11) is -2.92. The van der Waals surface area contributed by atoms with Gasteiger partial charge < -0.3 is 10.1 Å². The Morgan fingerprint density at radius 1 is 1.18 bits per heavy atom. The van der Waals surface area contributed by atoms with Gasteiger partial charge in [0, 0.05) is 25.5 Å². The molecule has 1 aromatic heterocycles. The van der Waals surface area contributed by atoms with Gasteiger partial charge in [0.25, 0.3) is 0 Å². The van der Waals surface area contributed by atoms with Crippen molar-refractivity contribution in [1.29, 1.82) is 0 Å². The quantitative estimate of drug-likeness (QED) is 0.751. The van der Waals surface area contributed by atoms with Crippen LogP contribution in [0.4, 0.5) is 0 Å². The van der Waals surface area contributed by atoms with Crippen molar-refractivity contribution in [2.75, 3.05) is 18.6 Å². The summed E-state index contributed by atoms with van der Waals surface area (Å²) in [5.41, 5.74) is 1.92. The number of rotatable bonds is 8. The van der Waals surface area contributed by atoms with E-state index >= 15 is 0 Å². The Morgan fingerprint density at radius 2 is 2.05 bits per heavy atom. The van der Waals surface area contributed by atoms with Crippen molar-refractivity contribution in [3.05, 3.63) is 59.9 Å². The van der Waals surface area contributed by atoms with Gasteiger partial charge in [-0.3, -0.25) is 4.98 Å². The van der Waals surface area contributed by atoms with E-state index in [4.69, 9.17) is 4.74 Å². The van der Waals surface area contributed by atoms with Gasteiger partial charge in [0.1, 0.15) is 22.2 Å². The van der Waals surface area contributed by atoms with Crippen LogP contribution >= 0.6 is 0 Å². The predicted molar refractivity (Wildman–Crippen MR) is 86.4 cm³/mol. The number of hydrogen-bond donors (Lipinski definition) is 1. The van der Waals surface area contributed by atoms with Crippen LogP contribution in [0.25, 0.3) is 0 Å². The summed E-state index contributed by atoms with van der Waals surface area (Å²) in [6, 6.07) is 13.4. The molecular weight excluding hydrogens is 300 g/mol. The van der Waals surface area contributed by atoms with Gasteiger partial charge in [0.15, 0.2) is 0 Å². The maximum atomic E-state index is 11.1. The van der Waals surface area contributed by atoms with Gasteiger partial charge in [-0.25, -0.2) is 8.42 Å². The van der Waals surface area contributed by atoms with Gasteiger partial charge in [-0.2, -0.15) is 0 Å². The molecule has 1 N–H and O–H groups in total. The fraction of sp³-hybridized carbons (Fsp3) is 0.312. The van der Waals surface area contributed by atoms with E-state index in [1.807, 2.05) is 42.5 Å². The number of ether oxygens (including phenoxy) is 1. The first-order chi connectivity index (χ1) is 10.5. The molecule has 0 atom stereocenters. The molecule has 118 valence electrons. The molecule has 0 aliphatic carbocycles. The first-order valence-corrected chi connectivity index (χ1v) is 9.09. The molecule has 0 radical (unpaired) electrons. The largest absolute Gasteiger partial charge is 0.487 e. The van der Waals surface area contributed by atoms with Gasteiger partial charge in [-0.05, 0) is 29.8 Å². The molecule has 0 saturated heterocycles. The third-order valence-electron chi connectivity index (χ3n) is 2.99. The molecule has 6 heteroatoms. The standard InChI is InChI=1S/C16H20N2O3S/c1-22(19,20)10-9-17-12-14-5-4-7-16(11-14)21-13-15-6-2-3-8-18-15/h2-8,11,17H,9-10,12-13H2,1H3. The summed E-state index contributed by atoms with van der Waals surface area (Å²) in [5.74, 6) is 0.913. The minimum Gasteiger partial charge on any atom is -0.487 e. The molecule has 0 aliphatic rings. The zero-order valence-corrected chi connectivity index (χ0v) is 13.3. The van der Waals surface area contributed by atoms with Crippen LogP contribution in [0.15, 0.2) is 48.7 Å². The number of pyridine rings is 1. The van der Waals surface area contributed by atoms with Crippen LogP contribution in [-0.2, 0) is 23.0 Å². The third kappa shape index (κ3) is 6.24. The van der Waals surface area contributed by atoms with Crippen molar-refractivity contribution in [3.63, 3.8) is 0 Å². The third-order valence-corrected chi connectivity index (χ3v) is 3.94. The van der Waals surface area contributed by atoms with Crippen LogP contribution in [0.1, 0.15) is 11.3 Å². The molecule has 0 fully saturated rings. The lowest BCUT2D eigenvalue weighted by molar-refractivity contribution is 0.301. The zero-order valence-electron chi connectivity index (χ0n) is 12.5. The van der Waals surface area contributed by atoms with E-state index in [1.165, 1.54) is 6.26 Å². The second-order valence-corrected chi connectivity index (χ2v) is 7.32. The fourth-order valence-electron chi connectivity index (χ4n) is 1.88. The number of sulfone groups is 1. The molecule has 2 rings (SSSR count). The first kappa shape index (κ1) is 16.5. The smallest absolute Gasteiger partial charge is 0.148 e. The lowest BCUT2D eigenvalue weighted by atomic mass is 10.2. The predicted octanol–water partition coefficient (Wildman–Crippen LogP) is 1.79. The number of aromatic nitrogens is 1. The van der Waals surface area contributed by atoms with E-state index in [0.29, 0.717) is 19.7 Å². The molecule has 0 bridgehead atoms. The van der Waals surface area contributed by atoms with Crippen LogP contribution in [-0.4, -0.2) is 32.0 Å². The Kier molecular flexibility index (Phi) is 5.91. The van der Waals surface area contributed by atoms with Gasteiger partial charge in [-0.15, -0.1) is 0 Å². The number of nitrogens with zero attached hydrogens (tertiary/aromatic N) is 1. The summed E-state index contributed by atoms with van der Waals surface area (Å²) < 4.78 is 27.8. The molecule has 1 heterocycles. The second kappa shape index (κ2) is 7.91. The Morgan fingerprint density at radius 3 is 2.77 bits per heavy atom. The van der Waals surface area contributed by atoms with Crippen molar-refractivity contribution in [3.8, 4) is 5.75 Å². The topological polar surface area (TPSA) is 68.3 Å². The highest BCUT2D eigenvalue weighted by atomic mass is 32.2. The molecule has 0 aliphatic heterocycles. The van der Waals surface area contributed by atoms with Crippen LogP contribution in [0.5, 0.6) is 5.75 Å². The fourth-order valence-corrected chi connectivity index (χ4v) is 2.39. The average molecular weight is 320 g/mol. The van der Waals surface area contributed by atoms with Crippen molar-refractivity contribution in [2.24, 2.45) is 0 Å². The van der Waals surface area contributed by atoms with E-state index in [0.717, 1.165) is 17.0 Å². The van der Waals surface area contributed by atoms with Crippen molar-refractivity contribution < 1.29 is 13.2 Å². The molecule has 22 heavy (non-hydrogen) atoms. The van der Waals surface area contributed by atoms with E-state index in [2.05, 4.69) is 10.3 Å². The lowest BCUT2D eigenvalue weighted by Crippen LogP contribution is -2.21. The summed E-state index contributed by atoms with van der Waals surface area (Å²) >= 11 is 0. The van der Waals surface area contributed by atoms with E-state index in [-0.39, 0.29) is 5.75 Å². The number of nitrogens with one attached hydrogen (secondary N) is 1. The second-order valence-electron chi connectivity index (χ2n) is 5.06. The van der Waals surface area contributed by atoms with Crippen LogP contribution in [0, 0.1) is 0 Å². The molecule has 1 aromatic carbocycles. The normalized spacial score (nSPS) is 11.3. The van der Waals surface area contributed by atoms with E-state index in [1.54, 1.807) is 6.20 Å².